The molecule has 7 nitrogen and oxygen atoms in total. The molecule has 0 saturated carbocycles. The van der Waals surface area contributed by atoms with Crippen LogP contribution in [-0.4, -0.2) is 39.3 Å². The van der Waals surface area contributed by atoms with Gasteiger partial charge in [0.15, 0.2) is 0 Å². The molecule has 1 atom stereocenters. The van der Waals surface area contributed by atoms with Crippen molar-refractivity contribution in [2.24, 2.45) is 5.92 Å². The number of likely N-dealkylation sites (tertiary alicyclic amines) is 1. The molecular formula is C26H27N5O2. The normalized spacial score (nSPS) is 17.8. The highest BCUT2D eigenvalue weighted by Crippen LogP contribution is 2.30. The molecule has 1 aliphatic heterocycles. The van der Waals surface area contributed by atoms with Crippen LogP contribution in [-0.2, 0) is 22.4 Å². The minimum atomic E-state index is -0.331. The molecule has 7 heteroatoms. The van der Waals surface area contributed by atoms with Crippen molar-refractivity contribution in [1.29, 1.82) is 0 Å². The number of fused-ring (bicyclic) bond motifs is 1. The SMILES string of the molecule is Cc1cc(C)nc(Nc2ccc(NC(=O)C3CC(=O)N(C4Cc5ccccc5C4)C3)cc2)n1. The number of benzene rings is 2. The highest BCUT2D eigenvalue weighted by atomic mass is 16.2. The van der Waals surface area contributed by atoms with Crippen LogP contribution in [0.4, 0.5) is 17.3 Å². The zero-order chi connectivity index (χ0) is 22.9. The molecule has 2 aromatic carbocycles. The van der Waals surface area contributed by atoms with Crippen molar-refractivity contribution < 1.29 is 9.59 Å². The van der Waals surface area contributed by atoms with E-state index in [0.717, 1.165) is 29.9 Å². The average molecular weight is 442 g/mol. The van der Waals surface area contributed by atoms with E-state index >= 15 is 0 Å². The first-order valence-corrected chi connectivity index (χ1v) is 11.3. The number of aromatic nitrogens is 2. The van der Waals surface area contributed by atoms with Crippen molar-refractivity contribution in [1.82, 2.24) is 14.9 Å². The van der Waals surface area contributed by atoms with E-state index in [1.807, 2.05) is 61.2 Å². The van der Waals surface area contributed by atoms with Gasteiger partial charge in [0.1, 0.15) is 0 Å². The van der Waals surface area contributed by atoms with Crippen LogP contribution in [0, 0.1) is 19.8 Å². The van der Waals surface area contributed by atoms with Gasteiger partial charge in [0.2, 0.25) is 17.8 Å². The molecular weight excluding hydrogens is 414 g/mol. The lowest BCUT2D eigenvalue weighted by molar-refractivity contribution is -0.129. The molecule has 1 fully saturated rings. The molecule has 1 unspecified atom stereocenters. The molecule has 5 rings (SSSR count). The quantitative estimate of drug-likeness (QED) is 0.629. The number of rotatable bonds is 5. The van der Waals surface area contributed by atoms with Gasteiger partial charge in [-0.3, -0.25) is 9.59 Å². The molecule has 1 saturated heterocycles. The number of aryl methyl sites for hydroxylation is 2. The number of nitrogens with zero attached hydrogens (tertiary/aromatic N) is 3. The molecule has 168 valence electrons. The van der Waals surface area contributed by atoms with E-state index < -0.39 is 0 Å². The van der Waals surface area contributed by atoms with Crippen molar-refractivity contribution in [3.63, 3.8) is 0 Å². The minimum Gasteiger partial charge on any atom is -0.338 e. The van der Waals surface area contributed by atoms with E-state index in [1.165, 1.54) is 11.1 Å². The third kappa shape index (κ3) is 4.58. The predicted octanol–water partition coefficient (Wildman–Crippen LogP) is 3.79. The fourth-order valence-electron chi connectivity index (χ4n) is 4.81. The fraction of sp³-hybridized carbons (Fsp3) is 0.308. The van der Waals surface area contributed by atoms with Crippen LogP contribution in [0.1, 0.15) is 28.9 Å². The lowest BCUT2D eigenvalue weighted by Crippen LogP contribution is -2.38. The lowest BCUT2D eigenvalue weighted by Gasteiger charge is -2.24. The van der Waals surface area contributed by atoms with Crippen molar-refractivity contribution in [3.8, 4) is 0 Å². The standard InChI is InChI=1S/C26H27N5O2/c1-16-11-17(2)28-26(27-16)30-22-9-7-21(8-10-22)29-25(33)20-14-24(32)31(15-20)23-12-18-5-3-4-6-19(18)13-23/h3-11,20,23H,12-15H2,1-2H3,(H,29,33)(H,27,28,30). The summed E-state index contributed by atoms with van der Waals surface area (Å²) >= 11 is 0. The number of carbonyl (C=O) groups excluding carboxylic acids is 2. The van der Waals surface area contributed by atoms with Gasteiger partial charge in [0, 0.05) is 41.8 Å². The zero-order valence-corrected chi connectivity index (χ0v) is 18.8. The Morgan fingerprint density at radius 2 is 1.52 bits per heavy atom. The second kappa shape index (κ2) is 8.65. The largest absolute Gasteiger partial charge is 0.338 e. The molecule has 1 aliphatic carbocycles. The Balaban J connectivity index is 1.18. The molecule has 2 aliphatic rings. The molecule has 0 bridgehead atoms. The Hall–Kier alpha value is -3.74. The summed E-state index contributed by atoms with van der Waals surface area (Å²) in [5.74, 6) is 0.172. The summed E-state index contributed by atoms with van der Waals surface area (Å²) in [4.78, 5) is 36.2. The summed E-state index contributed by atoms with van der Waals surface area (Å²) in [6.45, 7) is 4.34. The van der Waals surface area contributed by atoms with Gasteiger partial charge < -0.3 is 15.5 Å². The van der Waals surface area contributed by atoms with Gasteiger partial charge in [-0.05, 0) is 68.1 Å². The van der Waals surface area contributed by atoms with Crippen LogP contribution in [0.3, 0.4) is 0 Å². The third-order valence-corrected chi connectivity index (χ3v) is 6.39. The highest BCUT2D eigenvalue weighted by Gasteiger charge is 2.39. The van der Waals surface area contributed by atoms with Crippen LogP contribution < -0.4 is 10.6 Å². The Morgan fingerprint density at radius 1 is 0.909 bits per heavy atom. The van der Waals surface area contributed by atoms with Crippen molar-refractivity contribution in [2.45, 2.75) is 39.2 Å². The monoisotopic (exact) mass is 441 g/mol. The van der Waals surface area contributed by atoms with Crippen LogP contribution in [0.25, 0.3) is 0 Å². The van der Waals surface area contributed by atoms with Gasteiger partial charge in [-0.1, -0.05) is 24.3 Å². The van der Waals surface area contributed by atoms with E-state index in [2.05, 4.69) is 32.7 Å². The number of nitrogens with one attached hydrogen (secondary N) is 2. The first-order chi connectivity index (χ1) is 15.9. The molecule has 33 heavy (non-hydrogen) atoms. The topological polar surface area (TPSA) is 87.2 Å². The van der Waals surface area contributed by atoms with E-state index in [-0.39, 0.29) is 30.2 Å². The third-order valence-electron chi connectivity index (χ3n) is 6.39. The highest BCUT2D eigenvalue weighted by molar-refractivity contribution is 5.97. The Bertz CT molecular complexity index is 1160. The smallest absolute Gasteiger partial charge is 0.229 e. The molecule has 0 radical (unpaired) electrons. The fourth-order valence-corrected chi connectivity index (χ4v) is 4.81. The van der Waals surface area contributed by atoms with Crippen LogP contribution >= 0.6 is 0 Å². The summed E-state index contributed by atoms with van der Waals surface area (Å²) in [6.07, 6.45) is 2.01. The zero-order valence-electron chi connectivity index (χ0n) is 18.8. The molecule has 0 spiro atoms. The number of anilines is 3. The maximum Gasteiger partial charge on any atom is 0.229 e. The number of hydrogen-bond acceptors (Lipinski definition) is 5. The average Bonchev–Trinajstić information content (AvgIpc) is 3.37. The van der Waals surface area contributed by atoms with Gasteiger partial charge in [-0.25, -0.2) is 9.97 Å². The lowest BCUT2D eigenvalue weighted by atomic mass is 10.1. The maximum atomic E-state index is 12.9. The predicted molar refractivity (Wildman–Crippen MR) is 127 cm³/mol. The van der Waals surface area contributed by atoms with Crippen molar-refractivity contribution in [3.05, 3.63) is 77.1 Å². The number of hydrogen-bond donors (Lipinski definition) is 2. The summed E-state index contributed by atoms with van der Waals surface area (Å²) in [6, 6.07) is 17.8. The minimum absolute atomic E-state index is 0.0703. The van der Waals surface area contributed by atoms with Gasteiger partial charge >= 0.3 is 0 Å². The van der Waals surface area contributed by atoms with Gasteiger partial charge in [0.05, 0.1) is 5.92 Å². The van der Waals surface area contributed by atoms with Crippen LogP contribution in [0.2, 0.25) is 0 Å². The Morgan fingerprint density at radius 3 is 2.15 bits per heavy atom. The molecule has 2 amide bonds. The number of carbonyl (C=O) groups is 2. The Kier molecular flexibility index (Phi) is 5.54. The molecule has 2 heterocycles. The van der Waals surface area contributed by atoms with E-state index in [9.17, 15) is 9.59 Å². The first-order valence-electron chi connectivity index (χ1n) is 11.3. The Labute approximate surface area is 193 Å². The number of amides is 2. The van der Waals surface area contributed by atoms with E-state index in [1.54, 1.807) is 0 Å². The summed E-state index contributed by atoms with van der Waals surface area (Å²) < 4.78 is 0. The van der Waals surface area contributed by atoms with Gasteiger partial charge in [-0.15, -0.1) is 0 Å². The summed E-state index contributed by atoms with van der Waals surface area (Å²) in [5, 5.41) is 6.15. The van der Waals surface area contributed by atoms with Crippen molar-refractivity contribution >= 4 is 29.1 Å². The van der Waals surface area contributed by atoms with E-state index in [4.69, 9.17) is 0 Å². The van der Waals surface area contributed by atoms with Crippen LogP contribution in [0.15, 0.2) is 54.6 Å². The molecule has 3 aromatic rings. The first kappa shape index (κ1) is 21.1. The second-order valence-electron chi connectivity index (χ2n) is 8.94. The van der Waals surface area contributed by atoms with E-state index in [0.29, 0.717) is 18.2 Å². The summed E-state index contributed by atoms with van der Waals surface area (Å²) in [7, 11) is 0. The van der Waals surface area contributed by atoms with Gasteiger partial charge in [0.25, 0.3) is 0 Å². The van der Waals surface area contributed by atoms with Gasteiger partial charge in [-0.2, -0.15) is 0 Å². The summed E-state index contributed by atoms with van der Waals surface area (Å²) in [5.41, 5.74) is 5.95. The maximum absolute atomic E-state index is 12.9. The van der Waals surface area contributed by atoms with Crippen molar-refractivity contribution in [2.75, 3.05) is 17.2 Å². The molecule has 1 aromatic heterocycles. The second-order valence-corrected chi connectivity index (χ2v) is 8.94. The molecule has 2 N–H and O–H groups in total. The van der Waals surface area contributed by atoms with Crippen LogP contribution in [0.5, 0.6) is 0 Å².